The average Bonchev–Trinajstić information content (AvgIpc) is 2.75. The Morgan fingerprint density at radius 2 is 1.00 bits per heavy atom. The van der Waals surface area contributed by atoms with Crippen molar-refractivity contribution in [1.82, 2.24) is 4.90 Å². The Labute approximate surface area is 180 Å². The smallest absolute Gasteiger partial charge is 0.00219 e. The largest absolute Gasteiger partial charge is 0.303 e. The molecule has 0 atom stereocenters. The van der Waals surface area contributed by atoms with Crippen LogP contribution in [0.3, 0.4) is 0 Å². The molecule has 29 heavy (non-hydrogen) atoms. The zero-order chi connectivity index (χ0) is 20.6. The summed E-state index contributed by atoms with van der Waals surface area (Å²) in [6.45, 7) is 8.26. The molecule has 2 rings (SSSR count). The highest BCUT2D eigenvalue weighted by Gasteiger charge is 2.06. The molecular formula is C28H43N. The summed E-state index contributed by atoms with van der Waals surface area (Å²) in [5.74, 6) is 0.868. The minimum Gasteiger partial charge on any atom is -0.303 e. The van der Waals surface area contributed by atoms with E-state index >= 15 is 0 Å². The Bertz CT molecular complexity index is 561. The van der Waals surface area contributed by atoms with Gasteiger partial charge in [-0.25, -0.2) is 0 Å². The van der Waals surface area contributed by atoms with Crippen LogP contribution in [-0.2, 0) is 12.8 Å². The number of unbranched alkanes of at least 4 members (excludes halogenated alkanes) is 6. The van der Waals surface area contributed by atoms with E-state index in [2.05, 4.69) is 79.4 Å². The lowest BCUT2D eigenvalue weighted by Crippen LogP contribution is -2.29. The molecule has 0 fully saturated rings. The number of benzene rings is 2. The van der Waals surface area contributed by atoms with E-state index in [1.54, 1.807) is 0 Å². The van der Waals surface area contributed by atoms with E-state index in [1.165, 1.54) is 82.1 Å². The van der Waals surface area contributed by atoms with Crippen molar-refractivity contribution in [2.24, 2.45) is 5.92 Å². The summed E-state index contributed by atoms with van der Waals surface area (Å²) in [6, 6.07) is 21.9. The number of hydrogen-bond acceptors (Lipinski definition) is 1. The lowest BCUT2D eigenvalue weighted by molar-refractivity contribution is 0.273. The molecule has 0 saturated carbocycles. The molecule has 0 radical (unpaired) electrons. The van der Waals surface area contributed by atoms with Gasteiger partial charge in [-0.2, -0.15) is 0 Å². The molecule has 160 valence electrons. The fraction of sp³-hybridized carbons (Fsp3) is 0.571. The Hall–Kier alpha value is -1.60. The van der Waals surface area contributed by atoms with Gasteiger partial charge in [-0.15, -0.1) is 0 Å². The third-order valence-corrected chi connectivity index (χ3v) is 5.87. The Morgan fingerprint density at radius 3 is 1.48 bits per heavy atom. The maximum absolute atomic E-state index is 2.68. The molecule has 0 bridgehead atoms. The second-order valence-electron chi connectivity index (χ2n) is 8.97. The molecule has 0 aliphatic heterocycles. The highest BCUT2D eigenvalue weighted by molar-refractivity contribution is 5.16. The summed E-state index contributed by atoms with van der Waals surface area (Å²) in [6.07, 6.45) is 13.6. The predicted octanol–water partition coefficient (Wildman–Crippen LogP) is 7.55. The fourth-order valence-corrected chi connectivity index (χ4v) is 3.97. The molecule has 1 heteroatoms. The second kappa shape index (κ2) is 15.3. The number of rotatable bonds is 16. The SMILES string of the molecule is CC(C)CCCCCCCCCN(CCc1ccccc1)CCc1ccccc1. The highest BCUT2D eigenvalue weighted by atomic mass is 15.1. The summed E-state index contributed by atoms with van der Waals surface area (Å²) in [5.41, 5.74) is 2.91. The third kappa shape index (κ3) is 11.9. The van der Waals surface area contributed by atoms with Crippen LogP contribution in [0.25, 0.3) is 0 Å². The van der Waals surface area contributed by atoms with Gasteiger partial charge in [0.15, 0.2) is 0 Å². The van der Waals surface area contributed by atoms with Crippen LogP contribution in [0.1, 0.15) is 76.3 Å². The van der Waals surface area contributed by atoms with Gasteiger partial charge in [-0.1, -0.05) is 119 Å². The first-order valence-electron chi connectivity index (χ1n) is 12.0. The lowest BCUT2D eigenvalue weighted by Gasteiger charge is -2.22. The fourth-order valence-electron chi connectivity index (χ4n) is 3.97. The van der Waals surface area contributed by atoms with Crippen LogP contribution < -0.4 is 0 Å². The van der Waals surface area contributed by atoms with Crippen LogP contribution in [0.15, 0.2) is 60.7 Å². The molecule has 0 aliphatic rings. The second-order valence-corrected chi connectivity index (χ2v) is 8.97. The van der Waals surface area contributed by atoms with E-state index in [0.29, 0.717) is 0 Å². The van der Waals surface area contributed by atoms with Crippen molar-refractivity contribution in [1.29, 1.82) is 0 Å². The van der Waals surface area contributed by atoms with E-state index in [0.717, 1.165) is 18.8 Å². The van der Waals surface area contributed by atoms with Gasteiger partial charge in [0.05, 0.1) is 0 Å². The van der Waals surface area contributed by atoms with Crippen LogP contribution >= 0.6 is 0 Å². The normalized spacial score (nSPS) is 11.4. The molecule has 2 aromatic rings. The first-order valence-corrected chi connectivity index (χ1v) is 12.0. The molecule has 0 amide bonds. The molecule has 0 unspecified atom stereocenters. The zero-order valence-corrected chi connectivity index (χ0v) is 19.0. The molecule has 0 heterocycles. The average molecular weight is 394 g/mol. The summed E-state index contributed by atoms with van der Waals surface area (Å²) in [5, 5.41) is 0. The number of nitrogens with zero attached hydrogens (tertiary/aromatic N) is 1. The lowest BCUT2D eigenvalue weighted by atomic mass is 10.0. The van der Waals surface area contributed by atoms with Crippen molar-refractivity contribution >= 4 is 0 Å². The van der Waals surface area contributed by atoms with Crippen molar-refractivity contribution in [3.05, 3.63) is 71.8 Å². The monoisotopic (exact) mass is 393 g/mol. The van der Waals surface area contributed by atoms with E-state index in [-0.39, 0.29) is 0 Å². The van der Waals surface area contributed by atoms with Gasteiger partial charge in [0.2, 0.25) is 0 Å². The Balaban J connectivity index is 1.64. The summed E-state index contributed by atoms with van der Waals surface area (Å²) in [7, 11) is 0. The van der Waals surface area contributed by atoms with Crippen LogP contribution in [-0.4, -0.2) is 24.5 Å². The van der Waals surface area contributed by atoms with Gasteiger partial charge in [-0.05, 0) is 42.9 Å². The molecule has 1 nitrogen and oxygen atoms in total. The van der Waals surface area contributed by atoms with Crippen LogP contribution in [0.4, 0.5) is 0 Å². The quantitative estimate of drug-likeness (QED) is 0.266. The first kappa shape index (κ1) is 23.7. The standard InChI is InChI=1S/C28H43N/c1-26(2)16-10-6-4-3-5-7-15-23-29(24-21-27-17-11-8-12-18-27)25-22-28-19-13-9-14-20-28/h8-9,11-14,17-20,26H,3-7,10,15-16,21-25H2,1-2H3. The molecule has 2 aromatic carbocycles. The Kier molecular flexibility index (Phi) is 12.5. The summed E-state index contributed by atoms with van der Waals surface area (Å²) >= 11 is 0. The van der Waals surface area contributed by atoms with Crippen LogP contribution in [0.2, 0.25) is 0 Å². The van der Waals surface area contributed by atoms with E-state index in [9.17, 15) is 0 Å². The minimum atomic E-state index is 0.868. The Morgan fingerprint density at radius 1 is 0.552 bits per heavy atom. The highest BCUT2D eigenvalue weighted by Crippen LogP contribution is 2.13. The van der Waals surface area contributed by atoms with Crippen molar-refractivity contribution in [2.75, 3.05) is 19.6 Å². The van der Waals surface area contributed by atoms with Crippen LogP contribution in [0, 0.1) is 5.92 Å². The van der Waals surface area contributed by atoms with E-state index in [4.69, 9.17) is 0 Å². The van der Waals surface area contributed by atoms with E-state index < -0.39 is 0 Å². The molecule has 0 aliphatic carbocycles. The third-order valence-electron chi connectivity index (χ3n) is 5.87. The van der Waals surface area contributed by atoms with Crippen molar-refractivity contribution in [3.63, 3.8) is 0 Å². The molecule has 0 saturated heterocycles. The molecular weight excluding hydrogens is 350 g/mol. The van der Waals surface area contributed by atoms with Gasteiger partial charge in [0, 0.05) is 13.1 Å². The summed E-state index contributed by atoms with van der Waals surface area (Å²) in [4.78, 5) is 2.68. The predicted molar refractivity (Wildman–Crippen MR) is 129 cm³/mol. The minimum absolute atomic E-state index is 0.868. The zero-order valence-electron chi connectivity index (χ0n) is 19.0. The maximum Gasteiger partial charge on any atom is 0.00219 e. The van der Waals surface area contributed by atoms with Crippen molar-refractivity contribution in [2.45, 2.75) is 78.1 Å². The van der Waals surface area contributed by atoms with E-state index in [1.807, 2.05) is 0 Å². The van der Waals surface area contributed by atoms with Crippen molar-refractivity contribution in [3.8, 4) is 0 Å². The van der Waals surface area contributed by atoms with Gasteiger partial charge < -0.3 is 4.90 Å². The van der Waals surface area contributed by atoms with Gasteiger partial charge in [0.1, 0.15) is 0 Å². The van der Waals surface area contributed by atoms with Crippen molar-refractivity contribution < 1.29 is 0 Å². The van der Waals surface area contributed by atoms with Gasteiger partial charge >= 0.3 is 0 Å². The summed E-state index contributed by atoms with van der Waals surface area (Å²) < 4.78 is 0. The van der Waals surface area contributed by atoms with Gasteiger partial charge in [-0.3, -0.25) is 0 Å². The first-order chi connectivity index (χ1) is 14.2. The van der Waals surface area contributed by atoms with Gasteiger partial charge in [0.25, 0.3) is 0 Å². The number of hydrogen-bond donors (Lipinski definition) is 0. The topological polar surface area (TPSA) is 3.24 Å². The molecule has 0 aromatic heterocycles. The van der Waals surface area contributed by atoms with Crippen LogP contribution in [0.5, 0.6) is 0 Å². The maximum atomic E-state index is 2.68. The molecule has 0 N–H and O–H groups in total. The molecule has 0 spiro atoms.